The second kappa shape index (κ2) is 13.0. The van der Waals surface area contributed by atoms with E-state index in [-0.39, 0.29) is 6.61 Å². The summed E-state index contributed by atoms with van der Waals surface area (Å²) >= 11 is 0. The topological polar surface area (TPSA) is 179 Å². The fourth-order valence-corrected chi connectivity index (χ4v) is 4.65. The van der Waals surface area contributed by atoms with Gasteiger partial charge >= 0.3 is 29.8 Å². The molecule has 0 amide bonds. The molecule has 0 aromatic heterocycles. The highest BCUT2D eigenvalue weighted by Crippen LogP contribution is 2.42. The number of fused-ring (bicyclic) bond motifs is 1. The largest absolute Gasteiger partial charge is 0.472 e. The maximum Gasteiger partial charge on any atom is 0.303 e. The van der Waals surface area contributed by atoms with Gasteiger partial charge in [0.1, 0.15) is 31.5 Å². The monoisotopic (exact) mass is 556 g/mol. The smallest absolute Gasteiger partial charge is 0.303 e. The van der Waals surface area contributed by atoms with Gasteiger partial charge in [-0.05, 0) is 17.7 Å². The molecule has 1 aliphatic carbocycles. The Labute approximate surface area is 224 Å². The highest BCUT2D eigenvalue weighted by molar-refractivity contribution is 5.68. The highest BCUT2D eigenvalue weighted by atomic mass is 16.8. The van der Waals surface area contributed by atoms with Crippen LogP contribution in [0.5, 0.6) is 0 Å². The van der Waals surface area contributed by atoms with Crippen molar-refractivity contribution in [3.8, 4) is 0 Å². The predicted octanol–water partition coefficient (Wildman–Crippen LogP) is 0.0525. The first-order chi connectivity index (χ1) is 18.4. The van der Waals surface area contributed by atoms with Crippen molar-refractivity contribution < 1.29 is 67.0 Å². The Bertz CT molecular complexity index is 1020. The number of hydrogen-bond acceptors (Lipinski definition) is 14. The van der Waals surface area contributed by atoms with E-state index in [1.54, 1.807) is 12.2 Å². The molecule has 2 heterocycles. The zero-order chi connectivity index (χ0) is 28.9. The SMILES string of the molecule is CC(=O)OCC1=C[C@@H](OC(C)=O)[C@@H]2C=CO[C@H](O[C@@H]3O[C@H](COC(C)=O)[C@@H](OC(C)=O)[C@H](OC(C)=O)[C@H]3O)[C@@H]12. The molecule has 39 heavy (non-hydrogen) atoms. The number of aliphatic hydroxyl groups excluding tert-OH is 1. The maximum atomic E-state index is 11.8. The van der Waals surface area contributed by atoms with Crippen molar-refractivity contribution in [1.29, 1.82) is 0 Å². The van der Waals surface area contributed by atoms with E-state index in [1.807, 2.05) is 0 Å². The second-order valence-corrected chi connectivity index (χ2v) is 9.15. The minimum Gasteiger partial charge on any atom is -0.472 e. The minimum absolute atomic E-state index is 0.140. The number of hydrogen-bond donors (Lipinski definition) is 1. The number of ether oxygens (including phenoxy) is 8. The third-order valence-electron chi connectivity index (χ3n) is 6.09. The van der Waals surface area contributed by atoms with E-state index in [0.717, 1.165) is 20.8 Å². The first-order valence-corrected chi connectivity index (χ1v) is 12.2. The number of aliphatic hydroxyl groups is 1. The molecule has 1 fully saturated rings. The third kappa shape index (κ3) is 7.77. The van der Waals surface area contributed by atoms with Crippen LogP contribution in [0.1, 0.15) is 34.6 Å². The van der Waals surface area contributed by atoms with E-state index < -0.39 is 91.4 Å². The molecule has 0 aromatic rings. The summed E-state index contributed by atoms with van der Waals surface area (Å²) in [4.78, 5) is 58.2. The summed E-state index contributed by atoms with van der Waals surface area (Å²) in [6.07, 6.45) is -4.41. The zero-order valence-electron chi connectivity index (χ0n) is 22.1. The number of carbonyl (C=O) groups is 5. The molecule has 0 saturated carbocycles. The summed E-state index contributed by atoms with van der Waals surface area (Å²) in [6.45, 7) is 5.32. The van der Waals surface area contributed by atoms with Gasteiger partial charge in [0.25, 0.3) is 0 Å². The first kappa shape index (κ1) is 30.1. The standard InChI is InChI=1S/C25H32O14/c1-11(26)33-9-16-8-18(35-13(3)28)17-6-7-32-24(20(16)17)39-25-21(31)23(37-15(5)30)22(36-14(4)29)19(38-25)10-34-12(2)27/h6-8,17-25,31H,9-10H2,1-5H3/t17-,18+,19+,20-,21+,22+,23+,24+,25-/m0/s1. The van der Waals surface area contributed by atoms with Crippen molar-refractivity contribution >= 4 is 29.8 Å². The first-order valence-electron chi connectivity index (χ1n) is 12.2. The van der Waals surface area contributed by atoms with Crippen molar-refractivity contribution in [1.82, 2.24) is 0 Å². The number of carbonyl (C=O) groups excluding carboxylic acids is 5. The number of esters is 5. The lowest BCUT2D eigenvalue weighted by Crippen LogP contribution is -2.62. The van der Waals surface area contributed by atoms with Crippen LogP contribution in [0.15, 0.2) is 24.0 Å². The van der Waals surface area contributed by atoms with Crippen molar-refractivity contribution in [2.75, 3.05) is 13.2 Å². The Morgan fingerprint density at radius 1 is 0.821 bits per heavy atom. The molecule has 0 unspecified atom stereocenters. The second-order valence-electron chi connectivity index (χ2n) is 9.15. The van der Waals surface area contributed by atoms with Crippen molar-refractivity contribution in [3.05, 3.63) is 24.0 Å². The van der Waals surface area contributed by atoms with E-state index >= 15 is 0 Å². The molecule has 0 spiro atoms. The van der Waals surface area contributed by atoms with Crippen molar-refractivity contribution in [2.24, 2.45) is 11.8 Å². The molecule has 0 aromatic carbocycles. The summed E-state index contributed by atoms with van der Waals surface area (Å²) in [5, 5.41) is 11.1. The fraction of sp³-hybridized carbons (Fsp3) is 0.640. The molecule has 1 N–H and O–H groups in total. The Hall–Kier alpha value is -3.49. The summed E-state index contributed by atoms with van der Waals surface area (Å²) in [7, 11) is 0. The quantitative estimate of drug-likeness (QED) is 0.229. The molecule has 0 bridgehead atoms. The van der Waals surface area contributed by atoms with Gasteiger partial charge in [-0.2, -0.15) is 0 Å². The van der Waals surface area contributed by atoms with E-state index in [9.17, 15) is 29.1 Å². The van der Waals surface area contributed by atoms with Crippen LogP contribution in [0.25, 0.3) is 0 Å². The molecular weight excluding hydrogens is 524 g/mol. The summed E-state index contributed by atoms with van der Waals surface area (Å²) in [6, 6.07) is 0. The minimum atomic E-state index is -1.67. The van der Waals surface area contributed by atoms with Crippen molar-refractivity contribution in [3.63, 3.8) is 0 Å². The van der Waals surface area contributed by atoms with Crippen LogP contribution < -0.4 is 0 Å². The van der Waals surface area contributed by atoms with Gasteiger partial charge in [0.15, 0.2) is 18.5 Å². The average Bonchev–Trinajstić information content (AvgIpc) is 3.18. The normalized spacial score (nSPS) is 33.1. The van der Waals surface area contributed by atoms with E-state index in [0.29, 0.717) is 5.57 Å². The van der Waals surface area contributed by atoms with E-state index in [2.05, 4.69) is 0 Å². The van der Waals surface area contributed by atoms with Crippen LogP contribution in [0.3, 0.4) is 0 Å². The van der Waals surface area contributed by atoms with Gasteiger partial charge < -0.3 is 43.0 Å². The van der Waals surface area contributed by atoms with Crippen LogP contribution in [0.4, 0.5) is 0 Å². The lowest BCUT2D eigenvalue weighted by atomic mass is 9.88. The molecule has 2 aliphatic heterocycles. The van der Waals surface area contributed by atoms with Crippen LogP contribution >= 0.6 is 0 Å². The Morgan fingerprint density at radius 2 is 1.44 bits per heavy atom. The summed E-state index contributed by atoms with van der Waals surface area (Å²) in [5.41, 5.74) is 0.534. The molecule has 9 atom stereocenters. The van der Waals surface area contributed by atoms with E-state index in [1.165, 1.54) is 20.1 Å². The molecule has 14 heteroatoms. The number of rotatable bonds is 9. The average molecular weight is 557 g/mol. The molecule has 0 radical (unpaired) electrons. The van der Waals surface area contributed by atoms with Crippen molar-refractivity contribution in [2.45, 2.75) is 77.7 Å². The lowest BCUT2D eigenvalue weighted by molar-refractivity contribution is -0.341. The Kier molecular flexibility index (Phi) is 10.1. The van der Waals surface area contributed by atoms with Gasteiger partial charge in [-0.25, -0.2) is 0 Å². The molecule has 3 rings (SSSR count). The van der Waals surface area contributed by atoms with Gasteiger partial charge in [0.05, 0.1) is 12.2 Å². The van der Waals surface area contributed by atoms with Gasteiger partial charge in [0, 0.05) is 40.5 Å². The fourth-order valence-electron chi connectivity index (χ4n) is 4.65. The van der Waals surface area contributed by atoms with Crippen LogP contribution in [0.2, 0.25) is 0 Å². The Balaban J connectivity index is 1.88. The third-order valence-corrected chi connectivity index (χ3v) is 6.09. The van der Waals surface area contributed by atoms with Gasteiger partial charge in [-0.15, -0.1) is 0 Å². The van der Waals surface area contributed by atoms with Gasteiger partial charge in [-0.1, -0.05) is 0 Å². The maximum absolute atomic E-state index is 11.8. The molecule has 14 nitrogen and oxygen atoms in total. The summed E-state index contributed by atoms with van der Waals surface area (Å²) < 4.78 is 43.6. The molecule has 1 saturated heterocycles. The predicted molar refractivity (Wildman–Crippen MR) is 125 cm³/mol. The van der Waals surface area contributed by atoms with Gasteiger partial charge in [-0.3, -0.25) is 24.0 Å². The molecular formula is C25H32O14. The van der Waals surface area contributed by atoms with Gasteiger partial charge in [0.2, 0.25) is 6.29 Å². The lowest BCUT2D eigenvalue weighted by Gasteiger charge is -2.44. The van der Waals surface area contributed by atoms with Crippen LogP contribution in [-0.2, 0) is 61.9 Å². The molecule has 3 aliphatic rings. The van der Waals surface area contributed by atoms with Crippen LogP contribution in [-0.4, -0.2) is 91.3 Å². The van der Waals surface area contributed by atoms with Crippen LogP contribution in [0, 0.1) is 11.8 Å². The zero-order valence-corrected chi connectivity index (χ0v) is 22.1. The van der Waals surface area contributed by atoms with E-state index in [4.69, 9.17) is 37.9 Å². The Morgan fingerprint density at radius 3 is 2.03 bits per heavy atom. The highest BCUT2D eigenvalue weighted by Gasteiger charge is 2.53. The summed E-state index contributed by atoms with van der Waals surface area (Å²) in [5.74, 6) is -4.36. The molecule has 216 valence electrons.